The largest absolute Gasteiger partial charge is 0.488 e. The van der Waals surface area contributed by atoms with Crippen molar-refractivity contribution in [2.45, 2.75) is 6.61 Å². The van der Waals surface area contributed by atoms with Gasteiger partial charge in [0, 0.05) is 16.1 Å². The normalized spacial score (nSPS) is 10.7. The minimum atomic E-state index is 0.573. The lowest BCUT2D eigenvalue weighted by molar-refractivity contribution is 0.304. The number of pyridine rings is 1. The summed E-state index contributed by atoms with van der Waals surface area (Å²) in [6.45, 7) is 0.573. The number of aromatic nitrogens is 1. The first-order valence-electron chi connectivity index (χ1n) is 6.14. The van der Waals surface area contributed by atoms with E-state index in [0.717, 1.165) is 30.3 Å². The predicted molar refractivity (Wildman–Crippen MR) is 92.9 cm³/mol. The highest BCUT2D eigenvalue weighted by Crippen LogP contribution is 2.30. The van der Waals surface area contributed by atoms with Crippen molar-refractivity contribution in [3.63, 3.8) is 0 Å². The van der Waals surface area contributed by atoms with Crippen LogP contribution in [-0.2, 0) is 6.61 Å². The molecule has 0 aliphatic rings. The molecule has 100 valence electrons. The molecule has 2 nitrogen and oxygen atoms in total. The molecule has 2 aromatic carbocycles. The van der Waals surface area contributed by atoms with E-state index in [4.69, 9.17) is 4.74 Å². The molecule has 0 atom stereocenters. The molecule has 4 heteroatoms. The SMILES string of the molecule is Brc1cnc2ccc(OCc3ccccc3)c(I)c2c1. The highest BCUT2D eigenvalue weighted by Gasteiger charge is 2.07. The lowest BCUT2D eigenvalue weighted by atomic mass is 10.2. The maximum atomic E-state index is 5.92. The zero-order valence-electron chi connectivity index (χ0n) is 10.5. The van der Waals surface area contributed by atoms with Gasteiger partial charge in [0.1, 0.15) is 12.4 Å². The van der Waals surface area contributed by atoms with Crippen LogP contribution in [0.15, 0.2) is 59.2 Å². The van der Waals surface area contributed by atoms with Gasteiger partial charge in [-0.2, -0.15) is 0 Å². The van der Waals surface area contributed by atoms with Crippen LogP contribution in [-0.4, -0.2) is 4.98 Å². The van der Waals surface area contributed by atoms with Gasteiger partial charge in [0.15, 0.2) is 0 Å². The maximum absolute atomic E-state index is 5.92. The van der Waals surface area contributed by atoms with E-state index in [2.05, 4.69) is 61.7 Å². The van der Waals surface area contributed by atoms with E-state index >= 15 is 0 Å². The quantitative estimate of drug-likeness (QED) is 0.524. The monoisotopic (exact) mass is 439 g/mol. The van der Waals surface area contributed by atoms with Crippen LogP contribution >= 0.6 is 38.5 Å². The number of ether oxygens (including phenoxy) is 1. The summed E-state index contributed by atoms with van der Waals surface area (Å²) in [5, 5.41) is 1.10. The Morgan fingerprint density at radius 1 is 1.10 bits per heavy atom. The lowest BCUT2D eigenvalue weighted by Crippen LogP contribution is -1.97. The predicted octanol–water partition coefficient (Wildman–Crippen LogP) is 5.18. The molecule has 0 aliphatic carbocycles. The van der Waals surface area contributed by atoms with Crippen molar-refractivity contribution in [3.8, 4) is 5.75 Å². The van der Waals surface area contributed by atoms with Crippen molar-refractivity contribution in [1.82, 2.24) is 4.98 Å². The van der Waals surface area contributed by atoms with E-state index in [9.17, 15) is 0 Å². The van der Waals surface area contributed by atoms with Crippen LogP contribution in [0.2, 0.25) is 0 Å². The summed E-state index contributed by atoms with van der Waals surface area (Å²) in [6, 6.07) is 16.2. The summed E-state index contributed by atoms with van der Waals surface area (Å²) in [7, 11) is 0. The molecule has 20 heavy (non-hydrogen) atoms. The minimum Gasteiger partial charge on any atom is -0.488 e. The van der Waals surface area contributed by atoms with Crippen LogP contribution < -0.4 is 4.74 Å². The molecule has 3 rings (SSSR count). The molecule has 0 amide bonds. The number of halogens is 2. The number of hydrogen-bond acceptors (Lipinski definition) is 2. The highest BCUT2D eigenvalue weighted by molar-refractivity contribution is 14.1. The Morgan fingerprint density at radius 3 is 2.70 bits per heavy atom. The van der Waals surface area contributed by atoms with E-state index in [1.165, 1.54) is 0 Å². The third kappa shape index (κ3) is 2.96. The van der Waals surface area contributed by atoms with Crippen LogP contribution in [0.5, 0.6) is 5.75 Å². The van der Waals surface area contributed by atoms with Crippen molar-refractivity contribution in [2.75, 3.05) is 0 Å². The summed E-state index contributed by atoms with van der Waals surface area (Å²) in [4.78, 5) is 4.39. The highest BCUT2D eigenvalue weighted by atomic mass is 127. The van der Waals surface area contributed by atoms with Gasteiger partial charge in [0.25, 0.3) is 0 Å². The van der Waals surface area contributed by atoms with Gasteiger partial charge >= 0.3 is 0 Å². The Kier molecular flexibility index (Phi) is 4.21. The summed E-state index contributed by atoms with van der Waals surface area (Å²) in [6.07, 6.45) is 1.81. The molecular weight excluding hydrogens is 429 g/mol. The Balaban J connectivity index is 1.90. The third-order valence-corrected chi connectivity index (χ3v) is 4.51. The van der Waals surface area contributed by atoms with Gasteiger partial charge in [-0.05, 0) is 62.3 Å². The maximum Gasteiger partial charge on any atom is 0.133 e. The van der Waals surface area contributed by atoms with Gasteiger partial charge in [-0.3, -0.25) is 4.98 Å². The fourth-order valence-electron chi connectivity index (χ4n) is 1.97. The lowest BCUT2D eigenvalue weighted by Gasteiger charge is -2.10. The molecule has 0 saturated carbocycles. The molecule has 3 aromatic rings. The molecule has 1 aromatic heterocycles. The van der Waals surface area contributed by atoms with Crippen LogP contribution in [0.1, 0.15) is 5.56 Å². The van der Waals surface area contributed by atoms with Crippen molar-refractivity contribution in [2.24, 2.45) is 0 Å². The average molecular weight is 440 g/mol. The van der Waals surface area contributed by atoms with Crippen LogP contribution in [0.4, 0.5) is 0 Å². The van der Waals surface area contributed by atoms with Gasteiger partial charge in [-0.25, -0.2) is 0 Å². The van der Waals surface area contributed by atoms with Crippen molar-refractivity contribution >= 4 is 49.4 Å². The van der Waals surface area contributed by atoms with Gasteiger partial charge in [-0.1, -0.05) is 30.3 Å². The molecule has 0 spiro atoms. The van der Waals surface area contributed by atoms with Crippen LogP contribution in [0.3, 0.4) is 0 Å². The van der Waals surface area contributed by atoms with E-state index in [0.29, 0.717) is 6.61 Å². The smallest absolute Gasteiger partial charge is 0.133 e. The van der Waals surface area contributed by atoms with Crippen molar-refractivity contribution < 1.29 is 4.74 Å². The summed E-state index contributed by atoms with van der Waals surface area (Å²) < 4.78 is 7.98. The third-order valence-electron chi connectivity index (χ3n) is 2.97. The summed E-state index contributed by atoms with van der Waals surface area (Å²) >= 11 is 5.77. The van der Waals surface area contributed by atoms with E-state index in [1.807, 2.05) is 36.5 Å². The van der Waals surface area contributed by atoms with Gasteiger partial charge in [0.05, 0.1) is 9.09 Å². The molecule has 0 bridgehead atoms. The van der Waals surface area contributed by atoms with Crippen molar-refractivity contribution in [3.05, 3.63) is 68.3 Å². The number of hydrogen-bond donors (Lipinski definition) is 0. The molecule has 1 heterocycles. The standard InChI is InChI=1S/C16H11BrINO/c17-12-8-13-14(19-9-12)6-7-15(16(13)18)20-10-11-4-2-1-3-5-11/h1-9H,10H2. The minimum absolute atomic E-state index is 0.573. The van der Waals surface area contributed by atoms with Gasteiger partial charge in [-0.15, -0.1) is 0 Å². The molecule has 0 unspecified atom stereocenters. The molecule has 0 fully saturated rings. The molecule has 0 aliphatic heterocycles. The number of benzene rings is 2. The van der Waals surface area contributed by atoms with E-state index in [1.54, 1.807) is 0 Å². The van der Waals surface area contributed by atoms with E-state index in [-0.39, 0.29) is 0 Å². The summed E-state index contributed by atoms with van der Waals surface area (Å²) in [5.74, 6) is 0.891. The fourth-order valence-corrected chi connectivity index (χ4v) is 3.06. The summed E-state index contributed by atoms with van der Waals surface area (Å²) in [5.41, 5.74) is 2.14. The zero-order chi connectivity index (χ0) is 13.9. The fraction of sp³-hybridized carbons (Fsp3) is 0.0625. The Labute approximate surface area is 139 Å². The number of rotatable bonds is 3. The van der Waals surface area contributed by atoms with Gasteiger partial charge < -0.3 is 4.74 Å². The first kappa shape index (κ1) is 13.8. The van der Waals surface area contributed by atoms with Gasteiger partial charge in [0.2, 0.25) is 0 Å². The second-order valence-corrected chi connectivity index (χ2v) is 6.37. The second kappa shape index (κ2) is 6.10. The first-order chi connectivity index (χ1) is 9.74. The number of nitrogens with zero attached hydrogens (tertiary/aromatic N) is 1. The molecule has 0 saturated heterocycles. The van der Waals surface area contributed by atoms with Crippen LogP contribution in [0.25, 0.3) is 10.9 Å². The Hall–Kier alpha value is -1.14. The molecule has 0 N–H and O–H groups in total. The van der Waals surface area contributed by atoms with E-state index < -0.39 is 0 Å². The Bertz CT molecular complexity index is 746. The molecule has 0 radical (unpaired) electrons. The zero-order valence-corrected chi connectivity index (χ0v) is 14.3. The topological polar surface area (TPSA) is 22.1 Å². The molecular formula is C16H11BrINO. The van der Waals surface area contributed by atoms with Crippen LogP contribution in [0, 0.1) is 3.57 Å². The first-order valence-corrected chi connectivity index (χ1v) is 8.02. The Morgan fingerprint density at radius 2 is 1.90 bits per heavy atom. The number of fused-ring (bicyclic) bond motifs is 1. The van der Waals surface area contributed by atoms with Crippen molar-refractivity contribution in [1.29, 1.82) is 0 Å². The second-order valence-electron chi connectivity index (χ2n) is 4.37. The average Bonchev–Trinajstić information content (AvgIpc) is 2.48.